The molecule has 0 bridgehead atoms. The third-order valence-corrected chi connectivity index (χ3v) is 4.14. The first kappa shape index (κ1) is 12.4. The van der Waals surface area contributed by atoms with Gasteiger partial charge in [0.25, 0.3) is 0 Å². The first-order chi connectivity index (χ1) is 8.11. The summed E-state index contributed by atoms with van der Waals surface area (Å²) in [6.07, 6.45) is 0. The van der Waals surface area contributed by atoms with Crippen LogP contribution in [0.1, 0.15) is 32.3 Å². The first-order valence-corrected chi connectivity index (χ1v) is 6.46. The predicted octanol–water partition coefficient (Wildman–Crippen LogP) is 3.04. The number of ether oxygens (including phenoxy) is 1. The molecule has 1 saturated carbocycles. The van der Waals surface area contributed by atoms with Crippen LogP contribution >= 0.6 is 0 Å². The van der Waals surface area contributed by atoms with Gasteiger partial charge in [-0.15, -0.1) is 0 Å². The van der Waals surface area contributed by atoms with Gasteiger partial charge >= 0.3 is 0 Å². The van der Waals surface area contributed by atoms with Gasteiger partial charge in [0, 0.05) is 0 Å². The molecule has 2 rings (SSSR count). The van der Waals surface area contributed by atoms with E-state index in [2.05, 4.69) is 50.4 Å². The highest BCUT2D eigenvalue weighted by Gasteiger charge is 2.57. The average Bonchev–Trinajstić information content (AvgIpc) is 2.88. The van der Waals surface area contributed by atoms with Gasteiger partial charge in [0.2, 0.25) is 0 Å². The standard InChI is InChI=1S/C15H23NO/c1-5-16-10-13-14(15(13,2)3)11-6-8-12(17-4)9-7-11/h6-9,13-14,16H,5,10H2,1-4H3. The van der Waals surface area contributed by atoms with E-state index in [1.54, 1.807) is 7.11 Å². The fourth-order valence-electron chi connectivity index (χ4n) is 2.90. The zero-order valence-corrected chi connectivity index (χ0v) is 11.3. The summed E-state index contributed by atoms with van der Waals surface area (Å²) in [6, 6.07) is 8.54. The number of rotatable bonds is 5. The Hall–Kier alpha value is -1.02. The second-order valence-electron chi connectivity index (χ2n) is 5.49. The Kier molecular flexibility index (Phi) is 3.43. The molecule has 0 aromatic heterocycles. The summed E-state index contributed by atoms with van der Waals surface area (Å²) in [7, 11) is 1.71. The third-order valence-electron chi connectivity index (χ3n) is 4.14. The molecule has 0 radical (unpaired) electrons. The van der Waals surface area contributed by atoms with Crippen molar-refractivity contribution < 1.29 is 4.74 Å². The fourth-order valence-corrected chi connectivity index (χ4v) is 2.90. The normalized spacial score (nSPS) is 25.6. The molecule has 2 atom stereocenters. The number of methoxy groups -OCH3 is 1. The maximum atomic E-state index is 5.20. The zero-order valence-electron chi connectivity index (χ0n) is 11.3. The molecule has 1 N–H and O–H groups in total. The molecule has 0 amide bonds. The van der Waals surface area contributed by atoms with Crippen LogP contribution in [-0.4, -0.2) is 20.2 Å². The van der Waals surface area contributed by atoms with Crippen molar-refractivity contribution in [2.75, 3.05) is 20.2 Å². The van der Waals surface area contributed by atoms with E-state index in [0.29, 0.717) is 11.3 Å². The van der Waals surface area contributed by atoms with E-state index in [9.17, 15) is 0 Å². The molecule has 0 aliphatic heterocycles. The van der Waals surface area contributed by atoms with Crippen molar-refractivity contribution in [1.29, 1.82) is 0 Å². The smallest absolute Gasteiger partial charge is 0.118 e. The van der Waals surface area contributed by atoms with Crippen LogP contribution < -0.4 is 10.1 Å². The lowest BCUT2D eigenvalue weighted by Gasteiger charge is -2.04. The molecule has 0 heterocycles. The lowest BCUT2D eigenvalue weighted by atomic mass is 10.0. The van der Waals surface area contributed by atoms with E-state index in [1.165, 1.54) is 5.56 Å². The molecule has 1 aliphatic rings. The Bertz CT molecular complexity index is 369. The monoisotopic (exact) mass is 233 g/mol. The van der Waals surface area contributed by atoms with E-state index in [4.69, 9.17) is 4.74 Å². The predicted molar refractivity (Wildman–Crippen MR) is 71.5 cm³/mol. The highest BCUT2D eigenvalue weighted by Crippen LogP contribution is 2.64. The van der Waals surface area contributed by atoms with Crippen LogP contribution in [0.5, 0.6) is 5.75 Å². The summed E-state index contributed by atoms with van der Waals surface area (Å²) in [5, 5.41) is 3.46. The van der Waals surface area contributed by atoms with Gasteiger partial charge in [-0.25, -0.2) is 0 Å². The number of benzene rings is 1. The van der Waals surface area contributed by atoms with E-state index in [1.807, 2.05) is 0 Å². The molecule has 2 unspecified atom stereocenters. The number of hydrogen-bond acceptors (Lipinski definition) is 2. The second-order valence-corrected chi connectivity index (χ2v) is 5.49. The topological polar surface area (TPSA) is 21.3 Å². The lowest BCUT2D eigenvalue weighted by molar-refractivity contribution is 0.414. The van der Waals surface area contributed by atoms with E-state index >= 15 is 0 Å². The van der Waals surface area contributed by atoms with Gasteiger partial charge in [-0.2, -0.15) is 0 Å². The van der Waals surface area contributed by atoms with Gasteiger partial charge in [-0.1, -0.05) is 32.9 Å². The largest absolute Gasteiger partial charge is 0.497 e. The van der Waals surface area contributed by atoms with E-state index in [0.717, 1.165) is 24.8 Å². The average molecular weight is 233 g/mol. The zero-order chi connectivity index (χ0) is 12.5. The van der Waals surface area contributed by atoms with Crippen molar-refractivity contribution in [2.24, 2.45) is 11.3 Å². The molecule has 1 aromatic rings. The van der Waals surface area contributed by atoms with Crippen molar-refractivity contribution in [3.05, 3.63) is 29.8 Å². The summed E-state index contributed by atoms with van der Waals surface area (Å²) in [4.78, 5) is 0. The van der Waals surface area contributed by atoms with Crippen LogP contribution in [0.15, 0.2) is 24.3 Å². The molecule has 94 valence electrons. The van der Waals surface area contributed by atoms with Crippen LogP contribution in [0, 0.1) is 11.3 Å². The van der Waals surface area contributed by atoms with Crippen molar-refractivity contribution in [2.45, 2.75) is 26.7 Å². The minimum atomic E-state index is 0.427. The van der Waals surface area contributed by atoms with Gasteiger partial charge < -0.3 is 10.1 Å². The Morgan fingerprint density at radius 3 is 2.41 bits per heavy atom. The van der Waals surface area contributed by atoms with Crippen LogP contribution in [-0.2, 0) is 0 Å². The molecule has 0 saturated heterocycles. The highest BCUT2D eigenvalue weighted by atomic mass is 16.5. The molecule has 1 fully saturated rings. The summed E-state index contributed by atoms with van der Waals surface area (Å²) in [6.45, 7) is 9.08. The molecule has 1 aromatic carbocycles. The van der Waals surface area contributed by atoms with Crippen molar-refractivity contribution >= 4 is 0 Å². The second kappa shape index (κ2) is 4.69. The molecular weight excluding hydrogens is 210 g/mol. The molecule has 2 heteroatoms. The Morgan fingerprint density at radius 1 is 1.24 bits per heavy atom. The summed E-state index contributed by atoms with van der Waals surface area (Å²) in [5.41, 5.74) is 1.87. The minimum Gasteiger partial charge on any atom is -0.497 e. The van der Waals surface area contributed by atoms with Gasteiger partial charge in [-0.05, 0) is 48.0 Å². The van der Waals surface area contributed by atoms with Gasteiger partial charge in [0.1, 0.15) is 5.75 Å². The quantitative estimate of drug-likeness (QED) is 0.844. The SMILES string of the molecule is CCNCC1C(c2ccc(OC)cc2)C1(C)C. The molecule has 17 heavy (non-hydrogen) atoms. The van der Waals surface area contributed by atoms with Crippen molar-refractivity contribution in [3.8, 4) is 5.75 Å². The molecular formula is C15H23NO. The van der Waals surface area contributed by atoms with Crippen LogP contribution in [0.25, 0.3) is 0 Å². The van der Waals surface area contributed by atoms with Gasteiger partial charge in [-0.3, -0.25) is 0 Å². The number of hydrogen-bond donors (Lipinski definition) is 1. The molecule has 2 nitrogen and oxygen atoms in total. The van der Waals surface area contributed by atoms with Crippen molar-refractivity contribution in [3.63, 3.8) is 0 Å². The minimum absolute atomic E-state index is 0.427. The lowest BCUT2D eigenvalue weighted by Crippen LogP contribution is -2.17. The van der Waals surface area contributed by atoms with Gasteiger partial charge in [0.15, 0.2) is 0 Å². The summed E-state index contributed by atoms with van der Waals surface area (Å²) < 4.78 is 5.20. The van der Waals surface area contributed by atoms with E-state index < -0.39 is 0 Å². The van der Waals surface area contributed by atoms with Crippen LogP contribution in [0.2, 0.25) is 0 Å². The number of nitrogens with one attached hydrogen (secondary N) is 1. The van der Waals surface area contributed by atoms with Crippen molar-refractivity contribution in [1.82, 2.24) is 5.32 Å². The third kappa shape index (κ3) is 2.32. The maximum absolute atomic E-state index is 5.20. The maximum Gasteiger partial charge on any atom is 0.118 e. The molecule has 0 spiro atoms. The highest BCUT2D eigenvalue weighted by molar-refractivity contribution is 5.36. The Morgan fingerprint density at radius 2 is 1.88 bits per heavy atom. The summed E-state index contributed by atoms with van der Waals surface area (Å²) in [5.74, 6) is 2.39. The Balaban J connectivity index is 2.07. The fraction of sp³-hybridized carbons (Fsp3) is 0.600. The van der Waals surface area contributed by atoms with Gasteiger partial charge in [0.05, 0.1) is 7.11 Å². The van der Waals surface area contributed by atoms with E-state index in [-0.39, 0.29) is 0 Å². The van der Waals surface area contributed by atoms with Crippen LogP contribution in [0.4, 0.5) is 0 Å². The van der Waals surface area contributed by atoms with Crippen LogP contribution in [0.3, 0.4) is 0 Å². The molecule has 1 aliphatic carbocycles. The Labute approximate surface area is 104 Å². The first-order valence-electron chi connectivity index (χ1n) is 6.46. The summed E-state index contributed by atoms with van der Waals surface area (Å²) >= 11 is 0.